The van der Waals surface area contributed by atoms with Gasteiger partial charge in [-0.1, -0.05) is 6.07 Å². The molecule has 0 amide bonds. The second-order valence-electron chi connectivity index (χ2n) is 3.36. The fourth-order valence-electron chi connectivity index (χ4n) is 1.18. The number of hydrogen-bond donors (Lipinski definition) is 0. The van der Waals surface area contributed by atoms with Crippen molar-refractivity contribution in [3.8, 4) is 5.75 Å². The lowest BCUT2D eigenvalue weighted by molar-refractivity contribution is -0.145. The van der Waals surface area contributed by atoms with E-state index < -0.39 is 36.4 Å². The van der Waals surface area contributed by atoms with E-state index in [2.05, 4.69) is 4.74 Å². The molecule has 6 heteroatoms. The fraction of sp³-hybridized carbons (Fsp3) is 0.333. The smallest absolute Gasteiger partial charge is 0.313 e. The number of carbonyl (C=O) groups is 2. The molecule has 0 spiro atoms. The van der Waals surface area contributed by atoms with Crippen molar-refractivity contribution in [1.29, 1.82) is 0 Å². The number of rotatable bonds is 6. The Kier molecular flexibility index (Phi) is 5.23. The summed E-state index contributed by atoms with van der Waals surface area (Å²) in [7, 11) is 0. The quantitative estimate of drug-likeness (QED) is 0.577. The van der Waals surface area contributed by atoms with Crippen molar-refractivity contribution >= 4 is 11.8 Å². The average Bonchev–Trinajstić information content (AvgIpc) is 2.31. The van der Waals surface area contributed by atoms with E-state index in [-0.39, 0.29) is 12.4 Å². The van der Waals surface area contributed by atoms with Crippen LogP contribution >= 0.6 is 0 Å². The number of Topliss-reactive ketones (excluding diaryl/α,β-unsaturated/α-hetero) is 1. The van der Waals surface area contributed by atoms with Crippen LogP contribution in [0, 0.1) is 11.6 Å². The lowest BCUT2D eigenvalue weighted by Gasteiger charge is -2.06. The summed E-state index contributed by atoms with van der Waals surface area (Å²) < 4.78 is 35.3. The Morgan fingerprint density at radius 1 is 1.28 bits per heavy atom. The van der Waals surface area contributed by atoms with Crippen LogP contribution in [-0.4, -0.2) is 25.0 Å². The Labute approximate surface area is 103 Å². The van der Waals surface area contributed by atoms with Crippen molar-refractivity contribution in [3.63, 3.8) is 0 Å². The summed E-state index contributed by atoms with van der Waals surface area (Å²) in [5.41, 5.74) is 0. The highest BCUT2D eigenvalue weighted by atomic mass is 19.2. The zero-order valence-corrected chi connectivity index (χ0v) is 9.74. The standard InChI is InChI=1S/C12H12F2O4/c1-2-17-11(16)6-8(15)7-18-10-5-3-4-9(13)12(10)14/h3-5H,2,6-7H2,1H3. The SMILES string of the molecule is CCOC(=O)CC(=O)COc1cccc(F)c1F. The van der Waals surface area contributed by atoms with Gasteiger partial charge in [0.15, 0.2) is 17.3 Å². The molecule has 0 aromatic heterocycles. The summed E-state index contributed by atoms with van der Waals surface area (Å²) in [6, 6.07) is 3.38. The summed E-state index contributed by atoms with van der Waals surface area (Å²) >= 11 is 0. The van der Waals surface area contributed by atoms with Gasteiger partial charge < -0.3 is 9.47 Å². The lowest BCUT2D eigenvalue weighted by Crippen LogP contribution is -2.17. The Balaban J connectivity index is 2.48. The number of ketones is 1. The summed E-state index contributed by atoms with van der Waals surface area (Å²) in [6.07, 6.45) is -0.454. The van der Waals surface area contributed by atoms with E-state index in [0.717, 1.165) is 6.07 Å². The van der Waals surface area contributed by atoms with E-state index in [1.807, 2.05) is 0 Å². The largest absolute Gasteiger partial charge is 0.483 e. The van der Waals surface area contributed by atoms with Gasteiger partial charge in [0.25, 0.3) is 0 Å². The zero-order valence-electron chi connectivity index (χ0n) is 9.74. The van der Waals surface area contributed by atoms with Crippen LogP contribution in [0.3, 0.4) is 0 Å². The molecule has 0 unspecified atom stereocenters. The minimum absolute atomic E-state index is 0.172. The van der Waals surface area contributed by atoms with Gasteiger partial charge in [-0.15, -0.1) is 0 Å². The molecule has 0 aliphatic rings. The molecule has 98 valence electrons. The molecule has 0 saturated heterocycles. The molecule has 4 nitrogen and oxygen atoms in total. The molecule has 1 aromatic rings. The third kappa shape index (κ3) is 4.12. The highest BCUT2D eigenvalue weighted by Gasteiger charge is 2.13. The topological polar surface area (TPSA) is 52.6 Å². The summed E-state index contributed by atoms with van der Waals surface area (Å²) in [5.74, 6) is -3.85. The molecule has 0 saturated carbocycles. The van der Waals surface area contributed by atoms with Crippen LogP contribution in [0.15, 0.2) is 18.2 Å². The Morgan fingerprint density at radius 3 is 2.67 bits per heavy atom. The third-order valence-electron chi connectivity index (χ3n) is 1.95. The Morgan fingerprint density at radius 2 is 2.00 bits per heavy atom. The predicted molar refractivity (Wildman–Crippen MR) is 58.1 cm³/mol. The number of benzene rings is 1. The summed E-state index contributed by atoms with van der Waals surface area (Å²) in [4.78, 5) is 22.2. The maximum atomic E-state index is 13.1. The van der Waals surface area contributed by atoms with Gasteiger partial charge in [0, 0.05) is 0 Å². The van der Waals surface area contributed by atoms with Crippen molar-refractivity contribution in [2.45, 2.75) is 13.3 Å². The fourth-order valence-corrected chi connectivity index (χ4v) is 1.18. The molecule has 0 aliphatic carbocycles. The zero-order chi connectivity index (χ0) is 13.5. The van der Waals surface area contributed by atoms with Crippen LogP contribution in [0.2, 0.25) is 0 Å². The molecule has 1 aromatic carbocycles. The number of carbonyl (C=O) groups excluding carboxylic acids is 2. The minimum atomic E-state index is -1.17. The van der Waals surface area contributed by atoms with Crippen molar-refractivity contribution in [3.05, 3.63) is 29.8 Å². The van der Waals surface area contributed by atoms with Crippen LogP contribution < -0.4 is 4.74 Å². The van der Waals surface area contributed by atoms with Gasteiger partial charge in [-0.25, -0.2) is 4.39 Å². The lowest BCUT2D eigenvalue weighted by atomic mass is 10.3. The molecule has 0 N–H and O–H groups in total. The first-order valence-electron chi connectivity index (χ1n) is 5.28. The highest BCUT2D eigenvalue weighted by Crippen LogP contribution is 2.18. The maximum Gasteiger partial charge on any atom is 0.313 e. The number of hydrogen-bond acceptors (Lipinski definition) is 4. The first-order valence-corrected chi connectivity index (χ1v) is 5.28. The molecule has 0 fully saturated rings. The van der Waals surface area contributed by atoms with Gasteiger partial charge in [0.1, 0.15) is 13.0 Å². The van der Waals surface area contributed by atoms with Gasteiger partial charge in [0.05, 0.1) is 6.61 Å². The first-order chi connectivity index (χ1) is 8.54. The molecule has 18 heavy (non-hydrogen) atoms. The molecule has 0 aliphatic heterocycles. The minimum Gasteiger partial charge on any atom is -0.483 e. The van der Waals surface area contributed by atoms with Crippen molar-refractivity contribution < 1.29 is 27.8 Å². The normalized spacial score (nSPS) is 9.94. The van der Waals surface area contributed by atoms with Crippen LogP contribution in [0.5, 0.6) is 5.75 Å². The number of esters is 1. The van der Waals surface area contributed by atoms with Gasteiger partial charge in [-0.2, -0.15) is 4.39 Å². The van der Waals surface area contributed by atoms with E-state index in [1.54, 1.807) is 6.92 Å². The van der Waals surface area contributed by atoms with E-state index >= 15 is 0 Å². The number of ether oxygens (including phenoxy) is 2. The van der Waals surface area contributed by atoms with Gasteiger partial charge in [-0.3, -0.25) is 9.59 Å². The molecular weight excluding hydrogens is 246 g/mol. The van der Waals surface area contributed by atoms with E-state index in [4.69, 9.17) is 4.74 Å². The Hall–Kier alpha value is -1.98. The average molecular weight is 258 g/mol. The first kappa shape index (κ1) is 14.1. The monoisotopic (exact) mass is 258 g/mol. The van der Waals surface area contributed by atoms with Crippen molar-refractivity contribution in [2.24, 2.45) is 0 Å². The van der Waals surface area contributed by atoms with Crippen LogP contribution in [0.4, 0.5) is 8.78 Å². The van der Waals surface area contributed by atoms with E-state index in [0.29, 0.717) is 0 Å². The summed E-state index contributed by atoms with van der Waals surface area (Å²) in [6.45, 7) is 1.27. The van der Waals surface area contributed by atoms with E-state index in [9.17, 15) is 18.4 Å². The third-order valence-corrected chi connectivity index (χ3v) is 1.95. The van der Waals surface area contributed by atoms with Crippen molar-refractivity contribution in [2.75, 3.05) is 13.2 Å². The molecule has 0 atom stereocenters. The molecule has 1 rings (SSSR count). The van der Waals surface area contributed by atoms with Gasteiger partial charge in [-0.05, 0) is 19.1 Å². The van der Waals surface area contributed by atoms with Gasteiger partial charge >= 0.3 is 5.97 Å². The van der Waals surface area contributed by atoms with Crippen molar-refractivity contribution in [1.82, 2.24) is 0 Å². The van der Waals surface area contributed by atoms with Crippen LogP contribution in [-0.2, 0) is 14.3 Å². The molecule has 0 radical (unpaired) electrons. The summed E-state index contributed by atoms with van der Waals surface area (Å²) in [5, 5.41) is 0. The Bertz CT molecular complexity index is 446. The van der Waals surface area contributed by atoms with Crippen LogP contribution in [0.25, 0.3) is 0 Å². The van der Waals surface area contributed by atoms with E-state index in [1.165, 1.54) is 12.1 Å². The highest BCUT2D eigenvalue weighted by molar-refractivity contribution is 5.96. The predicted octanol–water partition coefficient (Wildman–Crippen LogP) is 1.87. The molecule has 0 bridgehead atoms. The number of halogens is 2. The molecular formula is C12H12F2O4. The van der Waals surface area contributed by atoms with Gasteiger partial charge in [0.2, 0.25) is 5.82 Å². The maximum absolute atomic E-state index is 13.1. The second kappa shape index (κ2) is 6.68. The molecule has 0 heterocycles. The van der Waals surface area contributed by atoms with Crippen LogP contribution in [0.1, 0.15) is 13.3 Å². The second-order valence-corrected chi connectivity index (χ2v) is 3.36.